The molecule has 1 unspecified atom stereocenters. The first-order valence-electron chi connectivity index (χ1n) is 6.81. The largest absolute Gasteiger partial charge is 0.481 e. The van der Waals surface area contributed by atoms with Crippen LogP contribution in [0.25, 0.3) is 0 Å². The Morgan fingerprint density at radius 1 is 1.43 bits per heavy atom. The molecule has 0 spiro atoms. The van der Waals surface area contributed by atoms with E-state index in [0.717, 1.165) is 0 Å². The fourth-order valence-electron chi connectivity index (χ4n) is 2.80. The van der Waals surface area contributed by atoms with Gasteiger partial charge in [-0.1, -0.05) is 37.1 Å². The second kappa shape index (κ2) is 5.94. The maximum absolute atomic E-state index is 12.6. The molecule has 1 aliphatic rings. The molecule has 21 heavy (non-hydrogen) atoms. The molecule has 1 saturated heterocycles. The lowest BCUT2D eigenvalue weighted by Crippen LogP contribution is -2.37. The molecule has 0 saturated carbocycles. The van der Waals surface area contributed by atoms with Gasteiger partial charge in [0.15, 0.2) is 0 Å². The van der Waals surface area contributed by atoms with E-state index in [2.05, 4.69) is 0 Å². The van der Waals surface area contributed by atoms with E-state index in [0.29, 0.717) is 19.3 Å². The summed E-state index contributed by atoms with van der Waals surface area (Å²) in [7, 11) is -3.75. The summed E-state index contributed by atoms with van der Waals surface area (Å²) in [6.45, 7) is 2.11. The number of benzene rings is 1. The van der Waals surface area contributed by atoms with E-state index >= 15 is 0 Å². The van der Waals surface area contributed by atoms with Crippen LogP contribution in [0.1, 0.15) is 26.2 Å². The van der Waals surface area contributed by atoms with Crippen LogP contribution in [0.4, 0.5) is 0 Å². The van der Waals surface area contributed by atoms with Gasteiger partial charge in [0.1, 0.15) is 4.90 Å². The molecule has 0 radical (unpaired) electrons. The minimum absolute atomic E-state index is 0.00370. The molecular formula is C14H18ClNO4S. The van der Waals surface area contributed by atoms with E-state index < -0.39 is 21.4 Å². The summed E-state index contributed by atoms with van der Waals surface area (Å²) in [5.74, 6) is -0.929. The molecule has 1 atom stereocenters. The van der Waals surface area contributed by atoms with Crippen LogP contribution < -0.4 is 0 Å². The van der Waals surface area contributed by atoms with Crippen molar-refractivity contribution in [2.24, 2.45) is 5.41 Å². The minimum Gasteiger partial charge on any atom is -0.481 e. The topological polar surface area (TPSA) is 74.7 Å². The fraction of sp³-hybridized carbons (Fsp3) is 0.500. The summed E-state index contributed by atoms with van der Waals surface area (Å²) in [4.78, 5) is 11.6. The zero-order valence-corrected chi connectivity index (χ0v) is 13.3. The highest BCUT2D eigenvalue weighted by atomic mass is 35.5. The van der Waals surface area contributed by atoms with E-state index in [9.17, 15) is 18.3 Å². The quantitative estimate of drug-likeness (QED) is 0.900. The number of aliphatic carboxylic acids is 1. The van der Waals surface area contributed by atoms with Crippen molar-refractivity contribution in [1.82, 2.24) is 4.31 Å². The molecule has 0 aliphatic carbocycles. The summed E-state index contributed by atoms with van der Waals surface area (Å²) >= 11 is 5.96. The van der Waals surface area contributed by atoms with Crippen molar-refractivity contribution < 1.29 is 18.3 Å². The van der Waals surface area contributed by atoms with Crippen LogP contribution in [0.2, 0.25) is 5.02 Å². The second-order valence-electron chi connectivity index (χ2n) is 5.35. The Labute approximate surface area is 129 Å². The molecule has 1 heterocycles. The number of halogens is 1. The Hall–Kier alpha value is -1.11. The zero-order valence-electron chi connectivity index (χ0n) is 11.8. The number of carboxylic acid groups (broad SMARTS) is 1. The van der Waals surface area contributed by atoms with Crippen molar-refractivity contribution >= 4 is 27.6 Å². The number of carboxylic acids is 1. The van der Waals surface area contributed by atoms with Gasteiger partial charge in [-0.05, 0) is 25.0 Å². The average Bonchev–Trinajstić information content (AvgIpc) is 2.86. The number of hydrogen-bond donors (Lipinski definition) is 1. The fourth-order valence-corrected chi connectivity index (χ4v) is 4.82. The summed E-state index contributed by atoms with van der Waals surface area (Å²) in [5.41, 5.74) is -0.983. The van der Waals surface area contributed by atoms with Gasteiger partial charge in [0.2, 0.25) is 10.0 Å². The molecular weight excluding hydrogens is 314 g/mol. The Kier molecular flexibility index (Phi) is 4.60. The van der Waals surface area contributed by atoms with Crippen molar-refractivity contribution in [2.45, 2.75) is 31.1 Å². The molecule has 7 heteroatoms. The van der Waals surface area contributed by atoms with Gasteiger partial charge in [-0.2, -0.15) is 4.31 Å². The van der Waals surface area contributed by atoms with Crippen molar-refractivity contribution in [3.63, 3.8) is 0 Å². The maximum Gasteiger partial charge on any atom is 0.311 e. The smallest absolute Gasteiger partial charge is 0.311 e. The first kappa shape index (κ1) is 16.3. The van der Waals surface area contributed by atoms with Crippen LogP contribution in [0, 0.1) is 5.41 Å². The predicted octanol–water partition coefficient (Wildman–Crippen LogP) is 2.61. The summed E-state index contributed by atoms with van der Waals surface area (Å²) in [6.07, 6.45) is 1.50. The Morgan fingerprint density at radius 2 is 2.10 bits per heavy atom. The Morgan fingerprint density at radius 3 is 2.67 bits per heavy atom. The van der Waals surface area contributed by atoms with Crippen LogP contribution in [0.5, 0.6) is 0 Å². The number of rotatable bonds is 5. The lowest BCUT2D eigenvalue weighted by molar-refractivity contribution is -0.148. The van der Waals surface area contributed by atoms with Crippen molar-refractivity contribution in [3.8, 4) is 0 Å². The van der Waals surface area contributed by atoms with Gasteiger partial charge in [0.05, 0.1) is 10.4 Å². The number of hydrogen-bond acceptors (Lipinski definition) is 3. The van der Waals surface area contributed by atoms with Crippen LogP contribution in [0.15, 0.2) is 29.2 Å². The molecule has 0 aromatic heterocycles. The van der Waals surface area contributed by atoms with E-state index in [4.69, 9.17) is 11.6 Å². The molecule has 1 aromatic rings. The number of nitrogens with zero attached hydrogens (tertiary/aromatic N) is 1. The normalized spacial score (nSPS) is 23.3. The molecule has 116 valence electrons. The molecule has 2 rings (SSSR count). The van der Waals surface area contributed by atoms with Gasteiger partial charge in [-0.25, -0.2) is 8.42 Å². The third-order valence-electron chi connectivity index (χ3n) is 3.96. The number of carbonyl (C=O) groups is 1. The molecule has 0 amide bonds. The van der Waals surface area contributed by atoms with E-state index in [-0.39, 0.29) is 23.0 Å². The van der Waals surface area contributed by atoms with Crippen LogP contribution >= 0.6 is 11.6 Å². The monoisotopic (exact) mass is 331 g/mol. The second-order valence-corrected chi connectivity index (χ2v) is 7.67. The SMILES string of the molecule is CCCC1(C(=O)O)CCN(S(=O)(=O)c2ccccc2Cl)C1. The molecule has 1 aliphatic heterocycles. The molecule has 1 N–H and O–H groups in total. The predicted molar refractivity (Wildman–Crippen MR) is 79.8 cm³/mol. The molecule has 5 nitrogen and oxygen atoms in total. The van der Waals surface area contributed by atoms with Gasteiger partial charge in [0.25, 0.3) is 0 Å². The first-order valence-corrected chi connectivity index (χ1v) is 8.63. The third-order valence-corrected chi connectivity index (χ3v) is 6.30. The van der Waals surface area contributed by atoms with E-state index in [1.807, 2.05) is 6.92 Å². The maximum atomic E-state index is 12.6. The standard InChI is InChI=1S/C14H18ClNO4S/c1-2-7-14(13(17)18)8-9-16(10-14)21(19,20)12-6-4-3-5-11(12)15/h3-6H,2,7-10H2,1H3,(H,17,18). The number of sulfonamides is 1. The first-order chi connectivity index (χ1) is 9.83. The van der Waals surface area contributed by atoms with Gasteiger partial charge in [-0.3, -0.25) is 4.79 Å². The van der Waals surface area contributed by atoms with Crippen LogP contribution in [-0.2, 0) is 14.8 Å². The molecule has 1 aromatic carbocycles. The molecule has 0 bridgehead atoms. The molecule has 1 fully saturated rings. The minimum atomic E-state index is -3.75. The summed E-state index contributed by atoms with van der Waals surface area (Å²) < 4.78 is 26.5. The lowest BCUT2D eigenvalue weighted by Gasteiger charge is -2.24. The zero-order chi connectivity index (χ0) is 15.7. The van der Waals surface area contributed by atoms with Gasteiger partial charge in [0, 0.05) is 13.1 Å². The van der Waals surface area contributed by atoms with Crippen molar-refractivity contribution in [2.75, 3.05) is 13.1 Å². The average molecular weight is 332 g/mol. The van der Waals surface area contributed by atoms with Gasteiger partial charge >= 0.3 is 5.97 Å². The van der Waals surface area contributed by atoms with E-state index in [1.165, 1.54) is 16.4 Å². The summed E-state index contributed by atoms with van der Waals surface area (Å²) in [6, 6.07) is 6.22. The highest BCUT2D eigenvalue weighted by molar-refractivity contribution is 7.89. The summed E-state index contributed by atoms with van der Waals surface area (Å²) in [5, 5.41) is 9.61. The van der Waals surface area contributed by atoms with Crippen LogP contribution in [0.3, 0.4) is 0 Å². The van der Waals surface area contributed by atoms with Gasteiger partial charge < -0.3 is 5.11 Å². The third kappa shape index (κ3) is 2.93. The highest BCUT2D eigenvalue weighted by Crippen LogP contribution is 2.38. The van der Waals surface area contributed by atoms with Crippen molar-refractivity contribution in [1.29, 1.82) is 0 Å². The lowest BCUT2D eigenvalue weighted by atomic mass is 9.83. The Balaban J connectivity index is 2.32. The van der Waals surface area contributed by atoms with Gasteiger partial charge in [-0.15, -0.1) is 0 Å². The van der Waals surface area contributed by atoms with Crippen molar-refractivity contribution in [3.05, 3.63) is 29.3 Å². The van der Waals surface area contributed by atoms with E-state index in [1.54, 1.807) is 12.1 Å². The van der Waals surface area contributed by atoms with Crippen LogP contribution in [-0.4, -0.2) is 36.9 Å². The Bertz CT molecular complexity index is 646. The highest BCUT2D eigenvalue weighted by Gasteiger charge is 2.47.